The zero-order valence-corrected chi connectivity index (χ0v) is 14.0. The number of aliphatic imine (C=N–C) groups is 1. The molecule has 126 valence electrons. The van der Waals surface area contributed by atoms with Crippen LogP contribution in [0.2, 0.25) is 0 Å². The number of rotatable bonds is 12. The lowest BCUT2D eigenvalue weighted by molar-refractivity contribution is 0.0301. The minimum atomic E-state index is -0.567. The molecule has 0 saturated carbocycles. The predicted octanol–water partition coefficient (Wildman–Crippen LogP) is 1.00. The summed E-state index contributed by atoms with van der Waals surface area (Å²) in [4.78, 5) is 4.35. The fourth-order valence-electron chi connectivity index (χ4n) is 1.56. The minimum Gasteiger partial charge on any atom is -0.389 e. The molecule has 0 aliphatic rings. The number of hydrogen-bond donors (Lipinski definition) is 3. The van der Waals surface area contributed by atoms with Crippen LogP contribution in [0, 0.1) is 5.92 Å². The number of nitrogens with one attached hydrogen (secondary N) is 2. The molecule has 0 aromatic heterocycles. The Morgan fingerprint density at radius 2 is 1.90 bits per heavy atom. The summed E-state index contributed by atoms with van der Waals surface area (Å²) >= 11 is 0. The number of hydrogen-bond acceptors (Lipinski definition) is 4. The third-order valence-electron chi connectivity index (χ3n) is 2.53. The normalized spacial score (nSPS) is 13.5. The minimum absolute atomic E-state index is 0.325. The lowest BCUT2D eigenvalue weighted by Crippen LogP contribution is -2.39. The monoisotopic (exact) mass is 303 g/mol. The van der Waals surface area contributed by atoms with Crippen LogP contribution in [0.25, 0.3) is 0 Å². The first-order valence-corrected chi connectivity index (χ1v) is 7.95. The Hall–Kier alpha value is -0.850. The maximum Gasteiger partial charge on any atom is 0.191 e. The van der Waals surface area contributed by atoms with E-state index in [0.717, 1.165) is 38.7 Å². The van der Waals surface area contributed by atoms with Gasteiger partial charge in [0.05, 0.1) is 19.3 Å². The molecule has 0 aliphatic heterocycles. The molecule has 3 N–H and O–H groups in total. The van der Waals surface area contributed by atoms with Gasteiger partial charge in [0, 0.05) is 32.9 Å². The van der Waals surface area contributed by atoms with Gasteiger partial charge in [0.1, 0.15) is 0 Å². The lowest BCUT2D eigenvalue weighted by atomic mass is 10.2. The second-order valence-electron chi connectivity index (χ2n) is 5.28. The van der Waals surface area contributed by atoms with E-state index in [1.54, 1.807) is 0 Å². The molecule has 21 heavy (non-hydrogen) atoms. The molecule has 0 spiro atoms. The van der Waals surface area contributed by atoms with Gasteiger partial charge in [0.2, 0.25) is 0 Å². The summed E-state index contributed by atoms with van der Waals surface area (Å²) in [5.41, 5.74) is 0. The first-order valence-electron chi connectivity index (χ1n) is 7.95. The van der Waals surface area contributed by atoms with Gasteiger partial charge in [0.25, 0.3) is 0 Å². The van der Waals surface area contributed by atoms with Gasteiger partial charge in [-0.05, 0) is 26.2 Å². The number of aliphatic hydroxyl groups excluding tert-OH is 1. The molecule has 0 bridgehead atoms. The highest BCUT2D eigenvalue weighted by molar-refractivity contribution is 5.79. The van der Waals surface area contributed by atoms with Gasteiger partial charge in [0.15, 0.2) is 5.96 Å². The average Bonchev–Trinajstić information content (AvgIpc) is 2.44. The van der Waals surface area contributed by atoms with E-state index in [1.165, 1.54) is 0 Å². The van der Waals surface area contributed by atoms with Gasteiger partial charge in [-0.3, -0.25) is 4.99 Å². The first-order chi connectivity index (χ1) is 10.1. The number of ether oxygens (including phenoxy) is 2. The maximum atomic E-state index is 9.81. The molecule has 0 heterocycles. The van der Waals surface area contributed by atoms with E-state index in [-0.39, 0.29) is 0 Å². The Balaban J connectivity index is 3.90. The Kier molecular flexibility index (Phi) is 13.5. The van der Waals surface area contributed by atoms with E-state index >= 15 is 0 Å². The van der Waals surface area contributed by atoms with Crippen molar-refractivity contribution in [2.24, 2.45) is 10.9 Å². The SMILES string of the molecule is CCNC(=NCC(O)COCC(C)C)NCCCOCC. The summed E-state index contributed by atoms with van der Waals surface area (Å²) < 4.78 is 10.7. The van der Waals surface area contributed by atoms with Crippen LogP contribution in [0.1, 0.15) is 34.1 Å². The highest BCUT2D eigenvalue weighted by Gasteiger charge is 2.05. The predicted molar refractivity (Wildman–Crippen MR) is 86.8 cm³/mol. The van der Waals surface area contributed by atoms with Crippen molar-refractivity contribution in [3.63, 3.8) is 0 Å². The smallest absolute Gasteiger partial charge is 0.191 e. The number of aliphatic hydroxyl groups is 1. The Labute approximate surface area is 129 Å². The molecular formula is C15H33N3O3. The van der Waals surface area contributed by atoms with Crippen molar-refractivity contribution in [1.29, 1.82) is 0 Å². The first kappa shape index (κ1) is 20.1. The van der Waals surface area contributed by atoms with Gasteiger partial charge in [-0.25, -0.2) is 0 Å². The summed E-state index contributed by atoms with van der Waals surface area (Å²) in [5.74, 6) is 1.20. The second kappa shape index (κ2) is 14.1. The Morgan fingerprint density at radius 3 is 2.52 bits per heavy atom. The van der Waals surface area contributed by atoms with Crippen molar-refractivity contribution in [1.82, 2.24) is 10.6 Å². The van der Waals surface area contributed by atoms with Gasteiger partial charge in [-0.15, -0.1) is 0 Å². The van der Waals surface area contributed by atoms with Crippen LogP contribution in [0.15, 0.2) is 4.99 Å². The molecule has 6 nitrogen and oxygen atoms in total. The van der Waals surface area contributed by atoms with Crippen LogP contribution in [0.3, 0.4) is 0 Å². The molecule has 0 rings (SSSR count). The van der Waals surface area contributed by atoms with Crippen molar-refractivity contribution in [3.8, 4) is 0 Å². The molecule has 0 aromatic rings. The molecule has 0 saturated heterocycles. The van der Waals surface area contributed by atoms with E-state index in [4.69, 9.17) is 9.47 Å². The van der Waals surface area contributed by atoms with Gasteiger partial charge < -0.3 is 25.2 Å². The number of guanidine groups is 1. The van der Waals surface area contributed by atoms with Gasteiger partial charge in [-0.1, -0.05) is 13.8 Å². The molecular weight excluding hydrogens is 270 g/mol. The van der Waals surface area contributed by atoms with E-state index in [0.29, 0.717) is 25.7 Å². The van der Waals surface area contributed by atoms with Crippen LogP contribution in [-0.4, -0.2) is 63.2 Å². The van der Waals surface area contributed by atoms with Gasteiger partial charge >= 0.3 is 0 Å². The van der Waals surface area contributed by atoms with Crippen molar-refractivity contribution in [2.45, 2.75) is 40.2 Å². The van der Waals surface area contributed by atoms with Crippen LogP contribution in [0.4, 0.5) is 0 Å². The van der Waals surface area contributed by atoms with Crippen LogP contribution in [0.5, 0.6) is 0 Å². The van der Waals surface area contributed by atoms with Crippen molar-refractivity contribution < 1.29 is 14.6 Å². The standard InChI is InChI=1S/C15H33N3O3/c1-5-16-15(17-8-7-9-20-6-2)18-10-14(19)12-21-11-13(3)4/h13-14,19H,5-12H2,1-4H3,(H2,16,17,18). The zero-order chi connectivity index (χ0) is 15.9. The fraction of sp³-hybridized carbons (Fsp3) is 0.933. The highest BCUT2D eigenvalue weighted by atomic mass is 16.5. The van der Waals surface area contributed by atoms with Crippen molar-refractivity contribution >= 4 is 5.96 Å². The zero-order valence-electron chi connectivity index (χ0n) is 14.0. The van der Waals surface area contributed by atoms with Gasteiger partial charge in [-0.2, -0.15) is 0 Å². The molecule has 0 aromatic carbocycles. The summed E-state index contributed by atoms with van der Waals surface area (Å²) in [7, 11) is 0. The van der Waals surface area contributed by atoms with E-state index in [1.807, 2.05) is 13.8 Å². The summed E-state index contributed by atoms with van der Waals surface area (Å²) in [6.07, 6.45) is 0.362. The molecule has 1 unspecified atom stereocenters. The summed E-state index contributed by atoms with van der Waals surface area (Å²) in [6.45, 7) is 12.6. The van der Waals surface area contributed by atoms with Crippen LogP contribution in [-0.2, 0) is 9.47 Å². The van der Waals surface area contributed by atoms with Crippen molar-refractivity contribution in [3.05, 3.63) is 0 Å². The third-order valence-corrected chi connectivity index (χ3v) is 2.53. The molecule has 0 radical (unpaired) electrons. The van der Waals surface area contributed by atoms with Crippen LogP contribution < -0.4 is 10.6 Å². The topological polar surface area (TPSA) is 75.1 Å². The summed E-state index contributed by atoms with van der Waals surface area (Å²) in [6, 6.07) is 0. The molecule has 0 amide bonds. The third kappa shape index (κ3) is 13.9. The molecule has 1 atom stereocenters. The second-order valence-corrected chi connectivity index (χ2v) is 5.28. The lowest BCUT2D eigenvalue weighted by Gasteiger charge is -2.14. The summed E-state index contributed by atoms with van der Waals surface area (Å²) in [5, 5.41) is 16.2. The quantitative estimate of drug-likeness (QED) is 0.285. The molecule has 0 fully saturated rings. The Bertz CT molecular complexity index is 261. The van der Waals surface area contributed by atoms with E-state index in [2.05, 4.69) is 29.5 Å². The Morgan fingerprint density at radius 1 is 1.14 bits per heavy atom. The van der Waals surface area contributed by atoms with E-state index < -0.39 is 6.10 Å². The van der Waals surface area contributed by atoms with Crippen LogP contribution >= 0.6 is 0 Å². The van der Waals surface area contributed by atoms with Crippen molar-refractivity contribution in [2.75, 3.05) is 46.1 Å². The average molecular weight is 303 g/mol. The number of nitrogens with zero attached hydrogens (tertiary/aromatic N) is 1. The molecule has 6 heteroatoms. The maximum absolute atomic E-state index is 9.81. The fourth-order valence-corrected chi connectivity index (χ4v) is 1.56. The largest absolute Gasteiger partial charge is 0.389 e. The molecule has 0 aliphatic carbocycles. The highest BCUT2D eigenvalue weighted by Crippen LogP contribution is 1.94. The van der Waals surface area contributed by atoms with E-state index in [9.17, 15) is 5.11 Å².